The molecular formula is C22H36O6. The van der Waals surface area contributed by atoms with E-state index in [9.17, 15) is 19.8 Å². The van der Waals surface area contributed by atoms with Crippen LogP contribution < -0.4 is 0 Å². The fraction of sp³-hybridized carbons (Fsp3) is 0.727. The van der Waals surface area contributed by atoms with Gasteiger partial charge in [-0.3, -0.25) is 0 Å². The number of aliphatic hydroxyl groups is 2. The van der Waals surface area contributed by atoms with E-state index in [1.807, 2.05) is 27.7 Å². The van der Waals surface area contributed by atoms with Crippen LogP contribution in [-0.2, 0) is 19.1 Å². The number of allylic oxidation sites excluding steroid dienone is 2. The Morgan fingerprint density at radius 2 is 1.14 bits per heavy atom. The van der Waals surface area contributed by atoms with Gasteiger partial charge < -0.3 is 19.7 Å². The van der Waals surface area contributed by atoms with E-state index >= 15 is 0 Å². The number of hydrogen-bond donors (Lipinski definition) is 2. The summed E-state index contributed by atoms with van der Waals surface area (Å²) in [7, 11) is 0. The minimum Gasteiger partial charge on any atom is -0.462 e. The predicted molar refractivity (Wildman–Crippen MR) is 108 cm³/mol. The molecule has 0 aromatic carbocycles. The predicted octanol–water partition coefficient (Wildman–Crippen LogP) is 3.32. The van der Waals surface area contributed by atoms with Crippen LogP contribution in [0.15, 0.2) is 23.3 Å². The molecule has 160 valence electrons. The molecule has 1 aliphatic carbocycles. The maximum atomic E-state index is 12.5. The van der Waals surface area contributed by atoms with Crippen LogP contribution in [0.25, 0.3) is 0 Å². The van der Waals surface area contributed by atoms with Crippen molar-refractivity contribution in [2.24, 2.45) is 10.8 Å². The maximum absolute atomic E-state index is 12.5. The van der Waals surface area contributed by atoms with E-state index in [1.165, 1.54) is 0 Å². The van der Waals surface area contributed by atoms with Crippen molar-refractivity contribution in [3.05, 3.63) is 23.3 Å². The van der Waals surface area contributed by atoms with Crippen molar-refractivity contribution in [2.75, 3.05) is 26.4 Å². The molecular weight excluding hydrogens is 360 g/mol. The second kappa shape index (κ2) is 11.4. The molecule has 6 heteroatoms. The topological polar surface area (TPSA) is 93.1 Å². The summed E-state index contributed by atoms with van der Waals surface area (Å²) in [6, 6.07) is 0. The minimum absolute atomic E-state index is 0.0700. The molecule has 0 fully saturated rings. The van der Waals surface area contributed by atoms with Crippen molar-refractivity contribution in [1.82, 2.24) is 0 Å². The third kappa shape index (κ3) is 9.02. The van der Waals surface area contributed by atoms with Gasteiger partial charge in [0, 0.05) is 22.0 Å². The average Bonchev–Trinajstić information content (AvgIpc) is 2.68. The maximum Gasteiger partial charge on any atom is 0.334 e. The van der Waals surface area contributed by atoms with Gasteiger partial charge in [-0.2, -0.15) is 0 Å². The Balaban J connectivity index is 2.88. The van der Waals surface area contributed by atoms with Crippen LogP contribution in [-0.4, -0.2) is 48.6 Å². The van der Waals surface area contributed by atoms with Gasteiger partial charge in [0.15, 0.2) is 0 Å². The monoisotopic (exact) mass is 396 g/mol. The summed E-state index contributed by atoms with van der Waals surface area (Å²) in [6.07, 6.45) is 8.24. The molecule has 28 heavy (non-hydrogen) atoms. The molecule has 0 aromatic heterocycles. The highest BCUT2D eigenvalue weighted by atomic mass is 16.5. The van der Waals surface area contributed by atoms with E-state index in [2.05, 4.69) is 0 Å². The van der Waals surface area contributed by atoms with Crippen LogP contribution in [0.2, 0.25) is 0 Å². The van der Waals surface area contributed by atoms with Gasteiger partial charge >= 0.3 is 11.9 Å². The van der Waals surface area contributed by atoms with Gasteiger partial charge in [-0.05, 0) is 25.7 Å². The smallest absolute Gasteiger partial charge is 0.334 e. The molecule has 0 radical (unpaired) electrons. The molecule has 1 rings (SSSR count). The summed E-state index contributed by atoms with van der Waals surface area (Å²) in [6.45, 7) is 7.42. The van der Waals surface area contributed by atoms with Crippen LogP contribution in [0.3, 0.4) is 0 Å². The third-order valence-corrected chi connectivity index (χ3v) is 4.70. The van der Waals surface area contributed by atoms with Crippen molar-refractivity contribution in [3.8, 4) is 0 Å². The molecule has 0 aromatic rings. The molecule has 0 bridgehead atoms. The highest BCUT2D eigenvalue weighted by Gasteiger charge is 2.22. The highest BCUT2D eigenvalue weighted by Crippen LogP contribution is 2.21. The Labute approximate surface area is 168 Å². The third-order valence-electron chi connectivity index (χ3n) is 4.70. The number of aliphatic hydroxyl groups excluding tert-OH is 2. The number of rotatable bonds is 8. The lowest BCUT2D eigenvalue weighted by atomic mass is 9.96. The number of esters is 2. The molecule has 0 amide bonds. The fourth-order valence-electron chi connectivity index (χ4n) is 2.49. The SMILES string of the molecule is CC(C)(CO)COC(=O)/C1=C\C=C(/C(=O)OCC(C)(C)CO)CCCCCC1. The lowest BCUT2D eigenvalue weighted by Crippen LogP contribution is -2.26. The number of carbonyl (C=O) groups is 2. The van der Waals surface area contributed by atoms with E-state index in [4.69, 9.17) is 9.47 Å². The summed E-state index contributed by atoms with van der Waals surface area (Å²) in [4.78, 5) is 24.9. The first-order chi connectivity index (χ1) is 13.1. The molecule has 1 aliphatic rings. The Hall–Kier alpha value is -1.66. The molecule has 0 saturated heterocycles. The zero-order chi connectivity index (χ0) is 21.2. The highest BCUT2D eigenvalue weighted by molar-refractivity contribution is 5.91. The van der Waals surface area contributed by atoms with E-state index < -0.39 is 22.8 Å². The lowest BCUT2D eigenvalue weighted by Gasteiger charge is -2.22. The zero-order valence-electron chi connectivity index (χ0n) is 17.8. The quantitative estimate of drug-likeness (QED) is 0.612. The van der Waals surface area contributed by atoms with Crippen molar-refractivity contribution in [3.63, 3.8) is 0 Å². The van der Waals surface area contributed by atoms with Crippen LogP contribution in [0.4, 0.5) is 0 Å². The van der Waals surface area contributed by atoms with Crippen LogP contribution in [0.5, 0.6) is 0 Å². The zero-order valence-corrected chi connectivity index (χ0v) is 17.8. The molecule has 0 atom stereocenters. The van der Waals surface area contributed by atoms with E-state index in [1.54, 1.807) is 12.2 Å². The molecule has 0 spiro atoms. The first-order valence-electron chi connectivity index (χ1n) is 10.1. The summed E-state index contributed by atoms with van der Waals surface area (Å²) >= 11 is 0. The lowest BCUT2D eigenvalue weighted by molar-refractivity contribution is -0.144. The first kappa shape index (κ1) is 24.4. The van der Waals surface area contributed by atoms with Gasteiger partial charge in [0.05, 0.1) is 26.4 Å². The Morgan fingerprint density at radius 3 is 1.46 bits per heavy atom. The van der Waals surface area contributed by atoms with Crippen LogP contribution in [0, 0.1) is 10.8 Å². The van der Waals surface area contributed by atoms with Gasteiger partial charge in [-0.15, -0.1) is 0 Å². The summed E-state index contributed by atoms with van der Waals surface area (Å²) in [5.74, 6) is -0.819. The molecule has 0 unspecified atom stereocenters. The normalized spacial score (nSPS) is 20.4. The second-order valence-corrected chi connectivity index (χ2v) is 9.09. The number of carbonyl (C=O) groups excluding carboxylic acids is 2. The molecule has 0 heterocycles. The standard InChI is InChI=1S/C22H36O6/c1-21(2,13-23)15-27-19(25)17-9-7-5-6-8-10-18(12-11-17)20(26)28-16-22(3,4)14-24/h11-12,23-24H,5-10,13-16H2,1-4H3/b17-11-,18-12-. The molecule has 0 aliphatic heterocycles. The fourth-order valence-corrected chi connectivity index (χ4v) is 2.49. The number of ether oxygens (including phenoxy) is 2. The van der Waals surface area contributed by atoms with Crippen molar-refractivity contribution < 1.29 is 29.3 Å². The summed E-state index contributed by atoms with van der Waals surface area (Å²) in [5, 5.41) is 18.6. The van der Waals surface area contributed by atoms with E-state index in [-0.39, 0.29) is 26.4 Å². The Bertz CT molecular complexity index is 534. The van der Waals surface area contributed by atoms with Crippen molar-refractivity contribution >= 4 is 11.9 Å². The van der Waals surface area contributed by atoms with Crippen LogP contribution >= 0.6 is 0 Å². The Morgan fingerprint density at radius 1 is 0.786 bits per heavy atom. The van der Waals surface area contributed by atoms with Crippen molar-refractivity contribution in [1.29, 1.82) is 0 Å². The van der Waals surface area contributed by atoms with Gasteiger partial charge in [-0.25, -0.2) is 9.59 Å². The van der Waals surface area contributed by atoms with Gasteiger partial charge in [0.2, 0.25) is 0 Å². The summed E-state index contributed by atoms with van der Waals surface area (Å²) < 4.78 is 10.7. The van der Waals surface area contributed by atoms with E-state index in [0.717, 1.165) is 25.7 Å². The van der Waals surface area contributed by atoms with Crippen LogP contribution in [0.1, 0.15) is 66.2 Å². The minimum atomic E-state index is -0.490. The molecule has 0 saturated carbocycles. The number of hydrogen-bond acceptors (Lipinski definition) is 6. The Kier molecular flexibility index (Phi) is 9.90. The largest absolute Gasteiger partial charge is 0.462 e. The first-order valence-corrected chi connectivity index (χ1v) is 10.1. The second-order valence-electron chi connectivity index (χ2n) is 9.09. The van der Waals surface area contributed by atoms with Gasteiger partial charge in [0.1, 0.15) is 0 Å². The van der Waals surface area contributed by atoms with Gasteiger partial charge in [0.25, 0.3) is 0 Å². The molecule has 2 N–H and O–H groups in total. The van der Waals surface area contributed by atoms with E-state index in [0.29, 0.717) is 24.0 Å². The average molecular weight is 397 g/mol. The van der Waals surface area contributed by atoms with Gasteiger partial charge in [-0.1, -0.05) is 52.7 Å². The molecule has 6 nitrogen and oxygen atoms in total. The van der Waals surface area contributed by atoms with Crippen molar-refractivity contribution in [2.45, 2.75) is 66.2 Å². The summed E-state index contributed by atoms with van der Waals surface area (Å²) in [5.41, 5.74) is 0.0702.